The molecular formula is C25H32N2O4. The lowest BCUT2D eigenvalue weighted by atomic mass is 9.88. The summed E-state index contributed by atoms with van der Waals surface area (Å²) in [7, 11) is 1.56. The third kappa shape index (κ3) is 5.85. The summed E-state index contributed by atoms with van der Waals surface area (Å²) in [6.45, 7) is 5.06. The van der Waals surface area contributed by atoms with E-state index in [2.05, 4.69) is 16.3 Å². The maximum absolute atomic E-state index is 13.1. The van der Waals surface area contributed by atoms with E-state index in [4.69, 9.17) is 9.47 Å². The Hall–Kier alpha value is -2.86. The predicted octanol–water partition coefficient (Wildman–Crippen LogP) is 3.75. The van der Waals surface area contributed by atoms with Crippen molar-refractivity contribution in [1.29, 1.82) is 0 Å². The number of rotatable bonds is 9. The third-order valence-corrected chi connectivity index (χ3v) is 5.56. The van der Waals surface area contributed by atoms with E-state index in [1.165, 1.54) is 19.3 Å². The van der Waals surface area contributed by atoms with Gasteiger partial charge in [0.1, 0.15) is 6.61 Å². The highest BCUT2D eigenvalue weighted by molar-refractivity contribution is 5.91. The Bertz CT molecular complexity index is 860. The standard InChI is InChI=1S/C25H32N2O4/c1-3-26-24(28)23(19-11-13-20(14-12-19)25(29)31-18-17-30-2)21-9-5-6-10-22(21)27-15-7-4-8-16-27/h5-6,9-14,23H,3-4,7-8,15-18H2,1-2H3,(H,26,28). The number of benzene rings is 2. The molecule has 1 fully saturated rings. The van der Waals surface area contributed by atoms with Crippen molar-refractivity contribution in [2.75, 3.05) is 44.9 Å². The number of piperidine rings is 1. The number of nitrogens with zero attached hydrogens (tertiary/aromatic N) is 1. The molecule has 1 aliphatic rings. The molecule has 1 aliphatic heterocycles. The van der Waals surface area contributed by atoms with E-state index in [0.717, 1.165) is 29.9 Å². The number of methoxy groups -OCH3 is 1. The maximum Gasteiger partial charge on any atom is 0.338 e. The van der Waals surface area contributed by atoms with Crippen molar-refractivity contribution in [1.82, 2.24) is 5.32 Å². The Morgan fingerprint density at radius 1 is 1.00 bits per heavy atom. The first-order chi connectivity index (χ1) is 15.2. The van der Waals surface area contributed by atoms with Crippen LogP contribution in [-0.4, -0.2) is 51.8 Å². The number of para-hydroxylation sites is 1. The molecule has 1 heterocycles. The molecule has 1 saturated heterocycles. The van der Waals surface area contributed by atoms with Crippen LogP contribution in [0.2, 0.25) is 0 Å². The van der Waals surface area contributed by atoms with E-state index < -0.39 is 11.9 Å². The van der Waals surface area contributed by atoms with Crippen LogP contribution >= 0.6 is 0 Å². The summed E-state index contributed by atoms with van der Waals surface area (Å²) in [5.74, 6) is -0.883. The molecule has 0 bridgehead atoms. The number of anilines is 1. The summed E-state index contributed by atoms with van der Waals surface area (Å²) < 4.78 is 10.1. The molecular weight excluding hydrogens is 392 g/mol. The zero-order valence-corrected chi connectivity index (χ0v) is 18.4. The van der Waals surface area contributed by atoms with Gasteiger partial charge in [-0.2, -0.15) is 0 Å². The summed E-state index contributed by atoms with van der Waals surface area (Å²) in [6.07, 6.45) is 3.58. The monoisotopic (exact) mass is 424 g/mol. The molecule has 2 aromatic carbocycles. The molecule has 1 N–H and O–H groups in total. The lowest BCUT2D eigenvalue weighted by molar-refractivity contribution is -0.121. The Labute approximate surface area is 184 Å². The molecule has 6 nitrogen and oxygen atoms in total. The Morgan fingerprint density at radius 2 is 1.71 bits per heavy atom. The van der Waals surface area contributed by atoms with Gasteiger partial charge in [-0.1, -0.05) is 30.3 Å². The lowest BCUT2D eigenvalue weighted by Gasteiger charge is -2.32. The fourth-order valence-electron chi connectivity index (χ4n) is 4.02. The van der Waals surface area contributed by atoms with E-state index in [1.807, 2.05) is 37.3 Å². The van der Waals surface area contributed by atoms with Crippen molar-refractivity contribution in [3.63, 3.8) is 0 Å². The van der Waals surface area contributed by atoms with E-state index in [9.17, 15) is 9.59 Å². The van der Waals surface area contributed by atoms with Crippen molar-refractivity contribution in [2.45, 2.75) is 32.1 Å². The number of nitrogens with one attached hydrogen (secondary N) is 1. The SMILES string of the molecule is CCNC(=O)C(c1ccc(C(=O)OCCOC)cc1)c1ccccc1N1CCCCC1. The summed E-state index contributed by atoms with van der Waals surface area (Å²) in [5.41, 5.74) is 3.41. The summed E-state index contributed by atoms with van der Waals surface area (Å²) in [6, 6.07) is 15.3. The minimum absolute atomic E-state index is 0.0395. The molecule has 1 amide bonds. The van der Waals surface area contributed by atoms with Crippen LogP contribution in [0, 0.1) is 0 Å². The summed E-state index contributed by atoms with van der Waals surface area (Å²) >= 11 is 0. The van der Waals surface area contributed by atoms with Crippen LogP contribution in [0.5, 0.6) is 0 Å². The van der Waals surface area contributed by atoms with E-state index in [-0.39, 0.29) is 12.5 Å². The van der Waals surface area contributed by atoms with Gasteiger partial charge in [-0.25, -0.2) is 4.79 Å². The first-order valence-corrected chi connectivity index (χ1v) is 11.0. The minimum atomic E-state index is -0.448. The second-order valence-electron chi connectivity index (χ2n) is 7.68. The number of hydrogen-bond donors (Lipinski definition) is 1. The van der Waals surface area contributed by atoms with Crippen molar-refractivity contribution in [2.24, 2.45) is 0 Å². The van der Waals surface area contributed by atoms with E-state index >= 15 is 0 Å². The number of esters is 1. The van der Waals surface area contributed by atoms with Gasteiger partial charge in [0.2, 0.25) is 5.91 Å². The van der Waals surface area contributed by atoms with Gasteiger partial charge in [0, 0.05) is 32.4 Å². The van der Waals surface area contributed by atoms with Crippen molar-refractivity contribution in [3.8, 4) is 0 Å². The highest BCUT2D eigenvalue weighted by atomic mass is 16.6. The molecule has 3 rings (SSSR count). The highest BCUT2D eigenvalue weighted by Gasteiger charge is 2.27. The van der Waals surface area contributed by atoms with Crippen LogP contribution in [0.1, 0.15) is 53.6 Å². The van der Waals surface area contributed by atoms with E-state index in [1.54, 1.807) is 19.2 Å². The van der Waals surface area contributed by atoms with Gasteiger partial charge >= 0.3 is 5.97 Å². The van der Waals surface area contributed by atoms with Gasteiger partial charge in [-0.3, -0.25) is 4.79 Å². The number of carbonyl (C=O) groups excluding carboxylic acids is 2. The van der Waals surface area contributed by atoms with Gasteiger partial charge < -0.3 is 19.7 Å². The topological polar surface area (TPSA) is 67.9 Å². The Balaban J connectivity index is 1.90. The van der Waals surface area contributed by atoms with Crippen molar-refractivity contribution < 1.29 is 19.1 Å². The Kier molecular flexibility index (Phi) is 8.47. The molecule has 166 valence electrons. The first kappa shape index (κ1) is 22.8. The number of hydrogen-bond acceptors (Lipinski definition) is 5. The molecule has 0 saturated carbocycles. The zero-order valence-electron chi connectivity index (χ0n) is 18.4. The van der Waals surface area contributed by atoms with Crippen LogP contribution in [0.15, 0.2) is 48.5 Å². The molecule has 2 aromatic rings. The largest absolute Gasteiger partial charge is 0.460 e. The molecule has 0 spiro atoms. The fourth-order valence-corrected chi connectivity index (χ4v) is 4.02. The van der Waals surface area contributed by atoms with Gasteiger partial charge in [0.25, 0.3) is 0 Å². The summed E-state index contributed by atoms with van der Waals surface area (Å²) in [4.78, 5) is 27.7. The Morgan fingerprint density at radius 3 is 2.39 bits per heavy atom. The van der Waals surface area contributed by atoms with Gasteiger partial charge in [-0.15, -0.1) is 0 Å². The molecule has 0 aromatic heterocycles. The maximum atomic E-state index is 13.1. The third-order valence-electron chi connectivity index (χ3n) is 5.56. The van der Waals surface area contributed by atoms with Crippen LogP contribution < -0.4 is 10.2 Å². The molecule has 6 heteroatoms. The van der Waals surface area contributed by atoms with Crippen LogP contribution in [0.25, 0.3) is 0 Å². The van der Waals surface area contributed by atoms with Gasteiger partial charge in [-0.05, 0) is 55.5 Å². The molecule has 1 unspecified atom stereocenters. The lowest BCUT2D eigenvalue weighted by Crippen LogP contribution is -2.34. The van der Waals surface area contributed by atoms with Crippen molar-refractivity contribution in [3.05, 3.63) is 65.2 Å². The number of likely N-dealkylation sites (N-methyl/N-ethyl adjacent to an activating group) is 1. The quantitative estimate of drug-likeness (QED) is 0.491. The second-order valence-corrected chi connectivity index (χ2v) is 7.68. The molecule has 0 radical (unpaired) electrons. The average molecular weight is 425 g/mol. The van der Waals surface area contributed by atoms with E-state index in [0.29, 0.717) is 18.7 Å². The summed E-state index contributed by atoms with van der Waals surface area (Å²) in [5, 5.41) is 2.98. The number of amides is 1. The fraction of sp³-hybridized carbons (Fsp3) is 0.440. The highest BCUT2D eigenvalue weighted by Crippen LogP contribution is 2.34. The second kappa shape index (κ2) is 11.5. The van der Waals surface area contributed by atoms with Crippen LogP contribution in [-0.2, 0) is 14.3 Å². The zero-order chi connectivity index (χ0) is 22.1. The van der Waals surface area contributed by atoms with Crippen LogP contribution in [0.3, 0.4) is 0 Å². The predicted molar refractivity (Wildman–Crippen MR) is 122 cm³/mol. The molecule has 1 atom stereocenters. The first-order valence-electron chi connectivity index (χ1n) is 11.0. The van der Waals surface area contributed by atoms with Gasteiger partial charge in [0.15, 0.2) is 0 Å². The number of ether oxygens (including phenoxy) is 2. The normalized spacial score (nSPS) is 14.7. The molecule has 31 heavy (non-hydrogen) atoms. The smallest absolute Gasteiger partial charge is 0.338 e. The number of carbonyl (C=O) groups is 2. The van der Waals surface area contributed by atoms with Crippen LogP contribution in [0.4, 0.5) is 5.69 Å². The van der Waals surface area contributed by atoms with Gasteiger partial charge in [0.05, 0.1) is 18.1 Å². The average Bonchev–Trinajstić information content (AvgIpc) is 2.81. The van der Waals surface area contributed by atoms with Crippen molar-refractivity contribution >= 4 is 17.6 Å². The minimum Gasteiger partial charge on any atom is -0.460 e. The molecule has 0 aliphatic carbocycles.